The zero-order valence-electron chi connectivity index (χ0n) is 14.9. The predicted octanol–water partition coefficient (Wildman–Crippen LogP) is 4.63. The van der Waals surface area contributed by atoms with Crippen LogP contribution in [-0.4, -0.2) is 10.2 Å². The van der Waals surface area contributed by atoms with Gasteiger partial charge in [-0.2, -0.15) is 0 Å². The predicted molar refractivity (Wildman–Crippen MR) is 108 cm³/mol. The van der Waals surface area contributed by atoms with E-state index in [1.807, 2.05) is 48.5 Å². The van der Waals surface area contributed by atoms with Gasteiger partial charge < -0.3 is 11.5 Å². The maximum absolute atomic E-state index is 5.85. The van der Waals surface area contributed by atoms with Gasteiger partial charge >= 0.3 is 0 Å². The summed E-state index contributed by atoms with van der Waals surface area (Å²) < 4.78 is 0. The van der Waals surface area contributed by atoms with Gasteiger partial charge in [0.15, 0.2) is 0 Å². The van der Waals surface area contributed by atoms with Crippen molar-refractivity contribution in [3.63, 3.8) is 0 Å². The maximum atomic E-state index is 5.85. The SMILES string of the molecule is Nc1ccc(-c2nnc(-c3ccc(N)cc3)c3c2CCCCCC3)cc1. The average Bonchev–Trinajstić information content (AvgIpc) is 2.63. The molecular formula is C22H24N4. The van der Waals surface area contributed by atoms with E-state index in [-0.39, 0.29) is 0 Å². The lowest BCUT2D eigenvalue weighted by molar-refractivity contribution is 0.614. The molecule has 2 aromatic carbocycles. The number of nitrogens with zero attached hydrogens (tertiary/aromatic N) is 2. The molecule has 0 atom stereocenters. The number of hydrogen-bond donors (Lipinski definition) is 2. The average molecular weight is 344 g/mol. The molecule has 3 aromatic rings. The van der Waals surface area contributed by atoms with Crippen molar-refractivity contribution >= 4 is 11.4 Å². The Morgan fingerprint density at radius 3 is 1.31 bits per heavy atom. The fraction of sp³-hybridized carbons (Fsp3) is 0.273. The van der Waals surface area contributed by atoms with Gasteiger partial charge in [0.05, 0.1) is 11.4 Å². The quantitative estimate of drug-likeness (QED) is 0.664. The summed E-state index contributed by atoms with van der Waals surface area (Å²) in [5.41, 5.74) is 20.1. The van der Waals surface area contributed by atoms with Gasteiger partial charge in [-0.25, -0.2) is 0 Å². The van der Waals surface area contributed by atoms with Gasteiger partial charge in [0.1, 0.15) is 0 Å². The van der Waals surface area contributed by atoms with Gasteiger partial charge in [-0.15, -0.1) is 10.2 Å². The molecule has 0 aliphatic heterocycles. The molecule has 4 heteroatoms. The Hall–Kier alpha value is -2.88. The second kappa shape index (κ2) is 7.16. The molecule has 0 saturated heterocycles. The van der Waals surface area contributed by atoms with Crippen LogP contribution in [0, 0.1) is 0 Å². The minimum absolute atomic E-state index is 0.767. The largest absolute Gasteiger partial charge is 0.399 e. The standard InChI is InChI=1S/C22H24N4/c23-17-11-7-15(8-12-17)21-19-5-3-1-2-4-6-20(19)22(26-25-21)16-9-13-18(24)14-10-16/h7-14H,1-6,23-24H2. The molecule has 0 radical (unpaired) electrons. The fourth-order valence-corrected chi connectivity index (χ4v) is 3.75. The van der Waals surface area contributed by atoms with E-state index in [1.165, 1.54) is 36.8 Å². The van der Waals surface area contributed by atoms with E-state index in [2.05, 4.69) is 10.2 Å². The number of hydrogen-bond acceptors (Lipinski definition) is 4. The lowest BCUT2D eigenvalue weighted by atomic mass is 9.88. The van der Waals surface area contributed by atoms with Crippen molar-refractivity contribution in [3.05, 3.63) is 59.7 Å². The molecule has 1 aliphatic carbocycles. The Bertz CT molecular complexity index is 822. The summed E-state index contributed by atoms with van der Waals surface area (Å²) in [6, 6.07) is 15.9. The Morgan fingerprint density at radius 1 is 0.538 bits per heavy atom. The summed E-state index contributed by atoms with van der Waals surface area (Å²) in [7, 11) is 0. The van der Waals surface area contributed by atoms with Gasteiger partial charge in [0.2, 0.25) is 0 Å². The Labute approximate surface area is 154 Å². The molecular weight excluding hydrogens is 320 g/mol. The molecule has 4 N–H and O–H groups in total. The number of anilines is 2. The van der Waals surface area contributed by atoms with E-state index in [1.54, 1.807) is 0 Å². The Balaban J connectivity index is 1.88. The smallest absolute Gasteiger partial charge is 0.0964 e. The molecule has 1 heterocycles. The van der Waals surface area contributed by atoms with Crippen molar-refractivity contribution < 1.29 is 0 Å². The van der Waals surface area contributed by atoms with E-state index in [0.717, 1.165) is 46.7 Å². The zero-order chi connectivity index (χ0) is 17.9. The first-order valence-electron chi connectivity index (χ1n) is 9.32. The Morgan fingerprint density at radius 2 is 0.923 bits per heavy atom. The third-order valence-corrected chi connectivity index (χ3v) is 5.16. The van der Waals surface area contributed by atoms with Gasteiger partial charge in [0, 0.05) is 22.5 Å². The van der Waals surface area contributed by atoms with Crippen molar-refractivity contribution in [2.24, 2.45) is 0 Å². The van der Waals surface area contributed by atoms with Gasteiger partial charge in [0.25, 0.3) is 0 Å². The summed E-state index contributed by atoms with van der Waals surface area (Å²) in [5, 5.41) is 9.28. The number of fused-ring (bicyclic) bond motifs is 1. The summed E-state index contributed by atoms with van der Waals surface area (Å²) >= 11 is 0. The summed E-state index contributed by atoms with van der Waals surface area (Å²) in [5.74, 6) is 0. The molecule has 0 amide bonds. The first kappa shape index (κ1) is 16.6. The topological polar surface area (TPSA) is 77.8 Å². The molecule has 1 aromatic heterocycles. The lowest BCUT2D eigenvalue weighted by Crippen LogP contribution is -2.08. The van der Waals surface area contributed by atoms with E-state index in [9.17, 15) is 0 Å². The second-order valence-corrected chi connectivity index (χ2v) is 7.01. The molecule has 0 spiro atoms. The van der Waals surface area contributed by atoms with Crippen LogP contribution < -0.4 is 11.5 Å². The number of benzene rings is 2. The van der Waals surface area contributed by atoms with Gasteiger partial charge in [-0.3, -0.25) is 0 Å². The highest BCUT2D eigenvalue weighted by atomic mass is 15.1. The van der Waals surface area contributed by atoms with Crippen LogP contribution in [-0.2, 0) is 12.8 Å². The van der Waals surface area contributed by atoms with Crippen LogP contribution in [0.5, 0.6) is 0 Å². The van der Waals surface area contributed by atoms with Crippen molar-refractivity contribution in [1.82, 2.24) is 10.2 Å². The van der Waals surface area contributed by atoms with Crippen LogP contribution in [0.3, 0.4) is 0 Å². The lowest BCUT2D eigenvalue weighted by Gasteiger charge is -2.20. The van der Waals surface area contributed by atoms with E-state index >= 15 is 0 Å². The monoisotopic (exact) mass is 344 g/mol. The molecule has 26 heavy (non-hydrogen) atoms. The molecule has 4 rings (SSSR count). The van der Waals surface area contributed by atoms with Crippen molar-refractivity contribution in [1.29, 1.82) is 0 Å². The molecule has 132 valence electrons. The molecule has 0 bridgehead atoms. The Kier molecular flexibility index (Phi) is 4.57. The zero-order valence-corrected chi connectivity index (χ0v) is 14.9. The number of rotatable bonds is 2. The summed E-state index contributed by atoms with van der Waals surface area (Å²) in [4.78, 5) is 0. The van der Waals surface area contributed by atoms with E-state index in [0.29, 0.717) is 0 Å². The third-order valence-electron chi connectivity index (χ3n) is 5.16. The van der Waals surface area contributed by atoms with Crippen molar-refractivity contribution in [3.8, 4) is 22.5 Å². The van der Waals surface area contributed by atoms with Crippen LogP contribution in [0.1, 0.15) is 36.8 Å². The van der Waals surface area contributed by atoms with Gasteiger partial charge in [-0.05, 0) is 61.1 Å². The van der Waals surface area contributed by atoms with E-state index < -0.39 is 0 Å². The van der Waals surface area contributed by atoms with Crippen molar-refractivity contribution in [2.75, 3.05) is 11.5 Å². The van der Waals surface area contributed by atoms with Crippen LogP contribution in [0.2, 0.25) is 0 Å². The molecule has 0 saturated carbocycles. The number of aromatic nitrogens is 2. The van der Waals surface area contributed by atoms with Crippen LogP contribution in [0.25, 0.3) is 22.5 Å². The molecule has 1 aliphatic rings. The normalized spacial score (nSPS) is 14.3. The first-order valence-corrected chi connectivity index (χ1v) is 9.32. The van der Waals surface area contributed by atoms with E-state index in [4.69, 9.17) is 11.5 Å². The molecule has 4 nitrogen and oxygen atoms in total. The fourth-order valence-electron chi connectivity index (χ4n) is 3.75. The molecule has 0 unspecified atom stereocenters. The van der Waals surface area contributed by atoms with Crippen LogP contribution in [0.15, 0.2) is 48.5 Å². The number of nitrogens with two attached hydrogens (primary N) is 2. The van der Waals surface area contributed by atoms with Crippen molar-refractivity contribution in [2.45, 2.75) is 38.5 Å². The summed E-state index contributed by atoms with van der Waals surface area (Å²) in [6.45, 7) is 0. The second-order valence-electron chi connectivity index (χ2n) is 7.01. The minimum atomic E-state index is 0.767. The van der Waals surface area contributed by atoms with Crippen LogP contribution >= 0.6 is 0 Å². The van der Waals surface area contributed by atoms with Gasteiger partial charge in [-0.1, -0.05) is 37.1 Å². The highest BCUT2D eigenvalue weighted by Gasteiger charge is 2.19. The van der Waals surface area contributed by atoms with Crippen LogP contribution in [0.4, 0.5) is 11.4 Å². The minimum Gasteiger partial charge on any atom is -0.399 e. The molecule has 0 fully saturated rings. The highest BCUT2D eigenvalue weighted by molar-refractivity contribution is 5.72. The third kappa shape index (κ3) is 3.27. The maximum Gasteiger partial charge on any atom is 0.0964 e. The highest BCUT2D eigenvalue weighted by Crippen LogP contribution is 2.34. The first-order chi connectivity index (χ1) is 12.7. The summed E-state index contributed by atoms with van der Waals surface area (Å²) in [6.07, 6.45) is 7.04. The number of nitrogen functional groups attached to an aromatic ring is 2.